The van der Waals surface area contributed by atoms with Crippen LogP contribution in [0.1, 0.15) is 27.7 Å². The van der Waals surface area contributed by atoms with Crippen LogP contribution in [0, 0.1) is 0 Å². The number of ether oxygens (including phenoxy) is 4. The molecule has 17 heavy (non-hydrogen) atoms. The van der Waals surface area contributed by atoms with Crippen LogP contribution in [0.25, 0.3) is 0 Å². The van der Waals surface area contributed by atoms with E-state index in [0.717, 1.165) is 0 Å². The van der Waals surface area contributed by atoms with E-state index in [1.165, 1.54) is 14.2 Å². The highest BCUT2D eigenvalue weighted by Crippen LogP contribution is 2.12. The highest BCUT2D eigenvalue weighted by Gasteiger charge is 2.31. The molecule has 6 heteroatoms. The van der Waals surface area contributed by atoms with Gasteiger partial charge in [0, 0.05) is 14.2 Å². The number of esters is 2. The Morgan fingerprint density at radius 3 is 1.35 bits per heavy atom. The van der Waals surface area contributed by atoms with E-state index in [0.29, 0.717) is 0 Å². The van der Waals surface area contributed by atoms with Gasteiger partial charge in [0.15, 0.2) is 11.2 Å². The first-order valence-corrected chi connectivity index (χ1v) is 5.12. The Balaban J connectivity index is 4.10. The summed E-state index contributed by atoms with van der Waals surface area (Å²) < 4.78 is 19.3. The van der Waals surface area contributed by atoms with Crippen molar-refractivity contribution in [3.63, 3.8) is 0 Å². The average Bonchev–Trinajstić information content (AvgIpc) is 2.28. The molecule has 0 aromatic carbocycles. The summed E-state index contributed by atoms with van der Waals surface area (Å²) in [7, 11) is 2.78. The lowest BCUT2D eigenvalue weighted by Gasteiger charge is -2.22. The summed E-state index contributed by atoms with van der Waals surface area (Å²) >= 11 is 0. The van der Waals surface area contributed by atoms with Gasteiger partial charge in [0.05, 0.1) is 0 Å². The molecule has 0 unspecified atom stereocenters. The minimum Gasteiger partial charge on any atom is -0.426 e. The summed E-state index contributed by atoms with van der Waals surface area (Å²) in [5.74, 6) is -1.22. The molecule has 0 amide bonds. The minimum atomic E-state index is -1.07. The van der Waals surface area contributed by atoms with Crippen LogP contribution in [-0.2, 0) is 28.5 Å². The van der Waals surface area contributed by atoms with Crippen LogP contribution in [0.15, 0.2) is 0 Å². The summed E-state index contributed by atoms with van der Waals surface area (Å²) in [6.07, 6.45) is 0. The van der Waals surface area contributed by atoms with E-state index in [-0.39, 0.29) is 0 Å². The van der Waals surface area contributed by atoms with E-state index in [2.05, 4.69) is 0 Å². The molecule has 0 spiro atoms. The van der Waals surface area contributed by atoms with Crippen LogP contribution in [0.4, 0.5) is 0 Å². The van der Waals surface area contributed by atoms with Gasteiger partial charge < -0.3 is 18.9 Å². The van der Waals surface area contributed by atoms with Gasteiger partial charge in [-0.3, -0.25) is 0 Å². The molecule has 6 nitrogen and oxygen atoms in total. The van der Waals surface area contributed by atoms with Gasteiger partial charge >= 0.3 is 11.9 Å². The standard InChI is InChI=1S/C11H20O6/c1-10(2,14-5)8(12)16-7-17-9(13)11(3,4)15-6/h7H2,1-6H3. The topological polar surface area (TPSA) is 71.1 Å². The van der Waals surface area contributed by atoms with Crippen LogP contribution in [0.5, 0.6) is 0 Å². The largest absolute Gasteiger partial charge is 0.426 e. The van der Waals surface area contributed by atoms with Gasteiger partial charge in [0.2, 0.25) is 6.79 Å². The van der Waals surface area contributed by atoms with Gasteiger partial charge in [0.25, 0.3) is 0 Å². The summed E-state index contributed by atoms with van der Waals surface area (Å²) in [5, 5.41) is 0. The number of carbonyl (C=O) groups excluding carboxylic acids is 2. The molecule has 0 aliphatic rings. The van der Waals surface area contributed by atoms with Crippen LogP contribution in [0.2, 0.25) is 0 Å². The van der Waals surface area contributed by atoms with E-state index >= 15 is 0 Å². The predicted molar refractivity (Wildman–Crippen MR) is 59.2 cm³/mol. The lowest BCUT2D eigenvalue weighted by atomic mass is 10.1. The van der Waals surface area contributed by atoms with Crippen LogP contribution >= 0.6 is 0 Å². The maximum absolute atomic E-state index is 11.4. The maximum atomic E-state index is 11.4. The third-order valence-corrected chi connectivity index (χ3v) is 2.38. The fraction of sp³-hybridized carbons (Fsp3) is 0.818. The van der Waals surface area contributed by atoms with Crippen LogP contribution in [-0.4, -0.2) is 44.2 Å². The molecule has 0 fully saturated rings. The number of rotatable bonds is 6. The van der Waals surface area contributed by atoms with E-state index < -0.39 is 29.9 Å². The Kier molecular flexibility index (Phi) is 5.57. The van der Waals surface area contributed by atoms with Gasteiger partial charge in [0.1, 0.15) is 0 Å². The molecule has 0 bridgehead atoms. The van der Waals surface area contributed by atoms with E-state index in [1.807, 2.05) is 0 Å². The fourth-order valence-electron chi connectivity index (χ4n) is 0.651. The lowest BCUT2D eigenvalue weighted by Crippen LogP contribution is -2.39. The smallest absolute Gasteiger partial charge is 0.340 e. The Morgan fingerprint density at radius 1 is 0.824 bits per heavy atom. The molecule has 0 aliphatic carbocycles. The molecule has 0 saturated heterocycles. The van der Waals surface area contributed by atoms with Crippen LogP contribution < -0.4 is 0 Å². The zero-order valence-corrected chi connectivity index (χ0v) is 11.2. The normalized spacial score (nSPS) is 12.1. The van der Waals surface area contributed by atoms with Crippen molar-refractivity contribution in [1.82, 2.24) is 0 Å². The molecule has 0 N–H and O–H groups in total. The molecule has 0 aliphatic heterocycles. The summed E-state index contributed by atoms with van der Waals surface area (Å²) in [4.78, 5) is 22.9. The highest BCUT2D eigenvalue weighted by molar-refractivity contribution is 5.80. The van der Waals surface area contributed by atoms with Crippen molar-refractivity contribution in [1.29, 1.82) is 0 Å². The second-order valence-corrected chi connectivity index (χ2v) is 4.41. The van der Waals surface area contributed by atoms with Gasteiger partial charge in [-0.05, 0) is 27.7 Å². The van der Waals surface area contributed by atoms with Crippen molar-refractivity contribution in [2.75, 3.05) is 21.0 Å². The zero-order chi connectivity index (χ0) is 13.7. The predicted octanol–water partition coefficient (Wildman–Crippen LogP) is 0.880. The van der Waals surface area contributed by atoms with Crippen molar-refractivity contribution in [2.45, 2.75) is 38.9 Å². The second-order valence-electron chi connectivity index (χ2n) is 4.41. The molecule has 0 heterocycles. The lowest BCUT2D eigenvalue weighted by molar-refractivity contribution is -0.190. The SMILES string of the molecule is COC(C)(C)C(=O)OCOC(=O)C(C)(C)OC. The van der Waals surface area contributed by atoms with E-state index in [9.17, 15) is 9.59 Å². The average molecular weight is 248 g/mol. The van der Waals surface area contributed by atoms with Crippen molar-refractivity contribution in [3.05, 3.63) is 0 Å². The molecule has 0 aromatic heterocycles. The number of carbonyl (C=O) groups is 2. The molecular formula is C11H20O6. The van der Waals surface area contributed by atoms with Crippen molar-refractivity contribution in [3.8, 4) is 0 Å². The molecular weight excluding hydrogens is 228 g/mol. The second kappa shape index (κ2) is 5.97. The number of hydrogen-bond acceptors (Lipinski definition) is 6. The molecule has 0 rings (SSSR count). The Labute approximate surface area is 101 Å². The molecule has 0 saturated carbocycles. The molecule has 0 radical (unpaired) electrons. The quantitative estimate of drug-likeness (QED) is 0.513. The minimum absolute atomic E-state index is 0.461. The first kappa shape index (κ1) is 15.9. The maximum Gasteiger partial charge on any atom is 0.340 e. The molecule has 0 aromatic rings. The third kappa shape index (κ3) is 4.70. The Morgan fingerprint density at radius 2 is 1.12 bits per heavy atom. The van der Waals surface area contributed by atoms with Gasteiger partial charge in [-0.2, -0.15) is 0 Å². The first-order valence-electron chi connectivity index (χ1n) is 5.12. The van der Waals surface area contributed by atoms with Gasteiger partial charge in [-0.1, -0.05) is 0 Å². The fourth-order valence-corrected chi connectivity index (χ4v) is 0.651. The van der Waals surface area contributed by atoms with Gasteiger partial charge in [-0.25, -0.2) is 9.59 Å². The highest BCUT2D eigenvalue weighted by atomic mass is 16.7. The number of methoxy groups -OCH3 is 2. The first-order chi connectivity index (χ1) is 7.67. The summed E-state index contributed by atoms with van der Waals surface area (Å²) in [5.41, 5.74) is -2.13. The Bertz CT molecular complexity index is 254. The van der Waals surface area contributed by atoms with E-state index in [4.69, 9.17) is 18.9 Å². The van der Waals surface area contributed by atoms with Crippen molar-refractivity contribution >= 4 is 11.9 Å². The van der Waals surface area contributed by atoms with Crippen molar-refractivity contribution in [2.24, 2.45) is 0 Å². The zero-order valence-electron chi connectivity index (χ0n) is 11.2. The van der Waals surface area contributed by atoms with Gasteiger partial charge in [-0.15, -0.1) is 0 Å². The van der Waals surface area contributed by atoms with E-state index in [1.54, 1.807) is 27.7 Å². The Hall–Kier alpha value is -1.14. The third-order valence-electron chi connectivity index (χ3n) is 2.38. The summed E-state index contributed by atoms with van der Waals surface area (Å²) in [6, 6.07) is 0. The monoisotopic (exact) mass is 248 g/mol. The van der Waals surface area contributed by atoms with Crippen molar-refractivity contribution < 1.29 is 28.5 Å². The molecule has 0 atom stereocenters. The number of hydrogen-bond donors (Lipinski definition) is 0. The summed E-state index contributed by atoms with van der Waals surface area (Å²) in [6.45, 7) is 5.75. The molecule has 100 valence electrons. The van der Waals surface area contributed by atoms with Crippen LogP contribution in [0.3, 0.4) is 0 Å².